The second kappa shape index (κ2) is 11.2. The fraction of sp³-hybridized carbons (Fsp3) is 0.273. The third kappa shape index (κ3) is 5.42. The molecular formula is C22H21N3O2S3. The Bertz CT molecular complexity index is 1030. The molecule has 0 saturated carbocycles. The van der Waals surface area contributed by atoms with Gasteiger partial charge >= 0.3 is 5.97 Å². The van der Waals surface area contributed by atoms with Crippen LogP contribution in [0, 0.1) is 11.3 Å². The number of pyridine rings is 1. The zero-order chi connectivity index (χ0) is 21.3. The second-order valence-electron chi connectivity index (χ2n) is 6.28. The second-order valence-corrected chi connectivity index (χ2v) is 9.61. The Kier molecular flexibility index (Phi) is 8.31. The van der Waals surface area contributed by atoms with Crippen molar-refractivity contribution < 1.29 is 9.53 Å². The number of thioether (sulfide) groups is 2. The summed E-state index contributed by atoms with van der Waals surface area (Å²) in [5.74, 6) is 0.708. The van der Waals surface area contributed by atoms with E-state index in [1.807, 2.05) is 35.3 Å². The molecule has 0 atom stereocenters. The van der Waals surface area contributed by atoms with Crippen molar-refractivity contribution >= 4 is 40.8 Å². The van der Waals surface area contributed by atoms with Crippen molar-refractivity contribution in [3.05, 3.63) is 53.0 Å². The van der Waals surface area contributed by atoms with Crippen LogP contribution < -0.4 is 0 Å². The van der Waals surface area contributed by atoms with Gasteiger partial charge in [-0.05, 0) is 35.9 Å². The van der Waals surface area contributed by atoms with Crippen LogP contribution >= 0.6 is 34.9 Å². The van der Waals surface area contributed by atoms with Gasteiger partial charge in [-0.1, -0.05) is 37.2 Å². The third-order valence-electron chi connectivity index (χ3n) is 4.29. The van der Waals surface area contributed by atoms with Gasteiger partial charge in [-0.25, -0.2) is 14.8 Å². The molecule has 2 aromatic heterocycles. The van der Waals surface area contributed by atoms with Gasteiger partial charge in [-0.15, -0.1) is 11.3 Å². The summed E-state index contributed by atoms with van der Waals surface area (Å²) in [7, 11) is 1.36. The maximum Gasteiger partial charge on any atom is 0.337 e. The minimum Gasteiger partial charge on any atom is -0.465 e. The largest absolute Gasteiger partial charge is 0.465 e. The summed E-state index contributed by atoms with van der Waals surface area (Å²) in [5, 5.41) is 14.2. The van der Waals surface area contributed by atoms with Crippen LogP contribution in [0.5, 0.6) is 0 Å². The Morgan fingerprint density at radius 2 is 2.10 bits per heavy atom. The van der Waals surface area contributed by atoms with Gasteiger partial charge in [0.25, 0.3) is 0 Å². The summed E-state index contributed by atoms with van der Waals surface area (Å²) >= 11 is 4.95. The Morgan fingerprint density at radius 1 is 1.30 bits per heavy atom. The monoisotopic (exact) mass is 455 g/mol. The van der Waals surface area contributed by atoms with Gasteiger partial charge in [0.05, 0.1) is 18.2 Å². The molecule has 3 aromatic rings. The third-order valence-corrected chi connectivity index (χ3v) is 7.37. The Hall–Kier alpha value is -2.34. The first-order chi connectivity index (χ1) is 14.7. The highest BCUT2D eigenvalue weighted by atomic mass is 32.2. The van der Waals surface area contributed by atoms with E-state index in [-0.39, 0.29) is 5.97 Å². The molecule has 0 aliphatic rings. The molecule has 0 bridgehead atoms. The molecule has 30 heavy (non-hydrogen) atoms. The number of ether oxygens (including phenoxy) is 1. The van der Waals surface area contributed by atoms with E-state index in [0.29, 0.717) is 16.2 Å². The van der Waals surface area contributed by atoms with Crippen molar-refractivity contribution in [3.63, 3.8) is 0 Å². The molecule has 0 amide bonds. The number of hydrogen-bond acceptors (Lipinski definition) is 8. The Morgan fingerprint density at radius 3 is 2.73 bits per heavy atom. The zero-order valence-corrected chi connectivity index (χ0v) is 19.2. The van der Waals surface area contributed by atoms with Crippen molar-refractivity contribution in [2.24, 2.45) is 0 Å². The van der Waals surface area contributed by atoms with E-state index in [0.717, 1.165) is 32.7 Å². The highest BCUT2D eigenvalue weighted by Crippen LogP contribution is 2.35. The number of thiazole rings is 1. The number of carbonyl (C=O) groups is 1. The minimum atomic E-state index is -0.388. The van der Waals surface area contributed by atoms with E-state index in [1.165, 1.54) is 31.3 Å². The van der Waals surface area contributed by atoms with E-state index in [9.17, 15) is 10.1 Å². The fourth-order valence-corrected chi connectivity index (χ4v) is 5.53. The van der Waals surface area contributed by atoms with Gasteiger partial charge in [-0.3, -0.25) is 0 Å². The lowest BCUT2D eigenvalue weighted by atomic mass is 10.00. The van der Waals surface area contributed by atoms with E-state index in [1.54, 1.807) is 30.1 Å². The molecule has 0 aliphatic heterocycles. The van der Waals surface area contributed by atoms with Crippen LogP contribution in [0.4, 0.5) is 0 Å². The fourth-order valence-electron chi connectivity index (χ4n) is 2.73. The summed E-state index contributed by atoms with van der Waals surface area (Å²) in [5.41, 5.74) is 3.39. The van der Waals surface area contributed by atoms with Crippen molar-refractivity contribution in [2.45, 2.75) is 24.8 Å². The lowest BCUT2D eigenvalue weighted by molar-refractivity contribution is 0.0601. The Labute approximate surface area is 188 Å². The van der Waals surface area contributed by atoms with Crippen LogP contribution in [0.3, 0.4) is 0 Å². The van der Waals surface area contributed by atoms with Crippen LogP contribution in [0.15, 0.2) is 46.9 Å². The molecule has 0 aliphatic carbocycles. The smallest absolute Gasteiger partial charge is 0.337 e. The molecule has 2 heterocycles. The number of esters is 1. The number of aromatic nitrogens is 2. The highest BCUT2D eigenvalue weighted by Gasteiger charge is 2.17. The molecule has 0 N–H and O–H groups in total. The number of hydrogen-bond donors (Lipinski definition) is 0. The quantitative estimate of drug-likeness (QED) is 0.167. The van der Waals surface area contributed by atoms with E-state index < -0.39 is 0 Å². The maximum absolute atomic E-state index is 11.7. The number of rotatable bonds is 9. The maximum atomic E-state index is 11.7. The van der Waals surface area contributed by atoms with Crippen molar-refractivity contribution in [1.29, 1.82) is 5.26 Å². The molecule has 0 saturated heterocycles. The van der Waals surface area contributed by atoms with E-state index >= 15 is 0 Å². The van der Waals surface area contributed by atoms with E-state index in [4.69, 9.17) is 9.72 Å². The first-order valence-electron chi connectivity index (χ1n) is 9.42. The van der Waals surface area contributed by atoms with Crippen molar-refractivity contribution in [2.75, 3.05) is 17.9 Å². The normalized spacial score (nSPS) is 10.6. The average Bonchev–Trinajstić information content (AvgIpc) is 3.33. The van der Waals surface area contributed by atoms with Gasteiger partial charge in [0.2, 0.25) is 0 Å². The standard InChI is InChI=1S/C22H21N3O2S3/c1-3-4-10-28-14-30-20-18(13-23)17(12-19(25-20)21-24-9-11-29-21)15-5-7-16(8-6-15)22(26)27-2/h5-9,11-12H,3-4,10,14H2,1-2H3. The highest BCUT2D eigenvalue weighted by molar-refractivity contribution is 8.15. The first-order valence-corrected chi connectivity index (χ1v) is 12.4. The van der Waals surface area contributed by atoms with Gasteiger partial charge in [0.1, 0.15) is 21.8 Å². The summed E-state index contributed by atoms with van der Waals surface area (Å²) < 4.78 is 4.77. The summed E-state index contributed by atoms with van der Waals surface area (Å²) in [4.78, 5) is 20.9. The first kappa shape index (κ1) is 22.3. The van der Waals surface area contributed by atoms with Crippen molar-refractivity contribution in [3.8, 4) is 27.9 Å². The predicted octanol–water partition coefficient (Wildman–Crippen LogP) is 6.11. The van der Waals surface area contributed by atoms with Crippen LogP contribution in [-0.4, -0.2) is 33.9 Å². The minimum absolute atomic E-state index is 0.388. The summed E-state index contributed by atoms with van der Waals surface area (Å²) in [6, 6.07) is 11.3. The average molecular weight is 456 g/mol. The zero-order valence-electron chi connectivity index (χ0n) is 16.8. The van der Waals surface area contributed by atoms with Gasteiger partial charge < -0.3 is 4.74 Å². The molecular weight excluding hydrogens is 434 g/mol. The van der Waals surface area contributed by atoms with Crippen molar-refractivity contribution in [1.82, 2.24) is 9.97 Å². The molecule has 154 valence electrons. The summed E-state index contributed by atoms with van der Waals surface area (Å²) in [6.45, 7) is 2.18. The number of nitrogens with zero attached hydrogens (tertiary/aromatic N) is 3. The molecule has 0 spiro atoms. The molecule has 5 nitrogen and oxygen atoms in total. The lowest BCUT2D eigenvalue weighted by Crippen LogP contribution is -2.01. The predicted molar refractivity (Wildman–Crippen MR) is 125 cm³/mol. The molecule has 0 unspecified atom stereocenters. The van der Waals surface area contributed by atoms with E-state index in [2.05, 4.69) is 18.0 Å². The number of benzene rings is 1. The molecule has 0 fully saturated rings. The molecule has 1 aromatic carbocycles. The molecule has 0 radical (unpaired) electrons. The van der Waals surface area contributed by atoms with Gasteiger partial charge in [-0.2, -0.15) is 17.0 Å². The van der Waals surface area contributed by atoms with Crippen LogP contribution in [0.25, 0.3) is 21.8 Å². The molecule has 8 heteroatoms. The number of nitriles is 1. The van der Waals surface area contributed by atoms with Crippen LogP contribution in [-0.2, 0) is 4.74 Å². The van der Waals surface area contributed by atoms with Gasteiger partial charge in [0.15, 0.2) is 0 Å². The van der Waals surface area contributed by atoms with Crippen LogP contribution in [0.1, 0.15) is 35.7 Å². The van der Waals surface area contributed by atoms with Crippen LogP contribution in [0.2, 0.25) is 0 Å². The van der Waals surface area contributed by atoms with Gasteiger partial charge in [0, 0.05) is 22.2 Å². The number of carbonyl (C=O) groups excluding carboxylic acids is 1. The summed E-state index contributed by atoms with van der Waals surface area (Å²) in [6.07, 6.45) is 4.10. The SMILES string of the molecule is CCCCSCSc1nc(-c2nccs2)cc(-c2ccc(C(=O)OC)cc2)c1C#N. The number of methoxy groups -OCH3 is 1. The molecule has 3 rings (SSSR count). The topological polar surface area (TPSA) is 75.9 Å². The lowest BCUT2D eigenvalue weighted by Gasteiger charge is -2.12. The number of unbranched alkanes of at least 4 members (excludes halogenated alkanes) is 1. The Balaban J connectivity index is 2.00.